The number of rotatable bonds is 8. The van der Waals surface area contributed by atoms with Crippen molar-refractivity contribution in [2.24, 2.45) is 0 Å². The maximum Gasteiger partial charge on any atom is 0.191 e. The van der Waals surface area contributed by atoms with Crippen LogP contribution in [0.25, 0.3) is 0 Å². The highest BCUT2D eigenvalue weighted by molar-refractivity contribution is 7.99. The van der Waals surface area contributed by atoms with Gasteiger partial charge in [-0.1, -0.05) is 50.1 Å². The molecule has 102 valence electrons. The zero-order valence-corrected chi connectivity index (χ0v) is 12.6. The van der Waals surface area contributed by atoms with Crippen LogP contribution in [0.5, 0.6) is 0 Å². The van der Waals surface area contributed by atoms with Crippen LogP contribution in [0.1, 0.15) is 39.5 Å². The molecule has 4 nitrogen and oxygen atoms in total. The molecule has 1 aromatic rings. The molecule has 0 atom stereocenters. The summed E-state index contributed by atoms with van der Waals surface area (Å²) in [5.41, 5.74) is 6.31. The summed E-state index contributed by atoms with van der Waals surface area (Å²) >= 11 is 7.61. The fourth-order valence-corrected chi connectivity index (χ4v) is 2.32. The molecular weight excluding hydrogens is 268 g/mol. The number of hydrogen-bond acceptors (Lipinski definition) is 5. The summed E-state index contributed by atoms with van der Waals surface area (Å²) < 4.78 is 0. The van der Waals surface area contributed by atoms with E-state index >= 15 is 0 Å². The Balaban J connectivity index is 2.66. The van der Waals surface area contributed by atoms with Gasteiger partial charge in [0.15, 0.2) is 16.1 Å². The second-order valence-corrected chi connectivity index (χ2v) is 5.46. The maximum absolute atomic E-state index is 6.01. The quantitative estimate of drug-likeness (QED) is 0.329. The first kappa shape index (κ1) is 15.4. The standard InChI is InChI=1S/C12H21ClN4S/c1-3-5-6-7-15-11-9(14)10(13)16-12(17-11)18-8-4-2/h3-8,14H2,1-2H3,(H,15,16,17). The van der Waals surface area contributed by atoms with Gasteiger partial charge in [-0.2, -0.15) is 0 Å². The molecule has 0 aliphatic rings. The molecule has 0 aliphatic heterocycles. The van der Waals surface area contributed by atoms with Crippen LogP contribution in [-0.2, 0) is 0 Å². The van der Waals surface area contributed by atoms with Crippen molar-refractivity contribution in [2.45, 2.75) is 44.7 Å². The number of anilines is 2. The number of nitrogens with zero attached hydrogens (tertiary/aromatic N) is 2. The number of nitrogen functional groups attached to an aromatic ring is 1. The lowest BCUT2D eigenvalue weighted by Crippen LogP contribution is -2.08. The van der Waals surface area contributed by atoms with E-state index in [1.165, 1.54) is 12.8 Å². The monoisotopic (exact) mass is 288 g/mol. The molecule has 1 aromatic heterocycles. The van der Waals surface area contributed by atoms with Crippen molar-refractivity contribution in [3.05, 3.63) is 5.15 Å². The maximum atomic E-state index is 6.01. The third-order valence-corrected chi connectivity index (χ3v) is 3.73. The Hall–Kier alpha value is -0.680. The highest BCUT2D eigenvalue weighted by Crippen LogP contribution is 2.27. The molecule has 0 aromatic carbocycles. The molecule has 0 amide bonds. The molecule has 0 bridgehead atoms. The molecule has 0 spiro atoms. The molecule has 0 fully saturated rings. The van der Waals surface area contributed by atoms with Crippen LogP contribution in [-0.4, -0.2) is 22.3 Å². The summed E-state index contributed by atoms with van der Waals surface area (Å²) in [5, 5.41) is 4.26. The SMILES string of the molecule is CCCCCNc1nc(SCCC)nc(Cl)c1N. The lowest BCUT2D eigenvalue weighted by molar-refractivity contribution is 0.741. The van der Waals surface area contributed by atoms with Gasteiger partial charge >= 0.3 is 0 Å². The molecule has 1 rings (SSSR count). The zero-order chi connectivity index (χ0) is 13.4. The van der Waals surface area contributed by atoms with Crippen molar-refractivity contribution >= 4 is 34.9 Å². The summed E-state index contributed by atoms with van der Waals surface area (Å²) in [5.74, 6) is 1.64. The molecule has 0 aliphatic carbocycles. The highest BCUT2D eigenvalue weighted by atomic mass is 35.5. The van der Waals surface area contributed by atoms with E-state index in [0.29, 0.717) is 21.8 Å². The van der Waals surface area contributed by atoms with E-state index in [1.54, 1.807) is 11.8 Å². The van der Waals surface area contributed by atoms with Crippen molar-refractivity contribution in [2.75, 3.05) is 23.3 Å². The Morgan fingerprint density at radius 2 is 2.00 bits per heavy atom. The summed E-state index contributed by atoms with van der Waals surface area (Å²) in [4.78, 5) is 8.57. The predicted octanol–water partition coefficient (Wildman–Crippen LogP) is 3.82. The van der Waals surface area contributed by atoms with Crippen molar-refractivity contribution < 1.29 is 0 Å². The molecule has 18 heavy (non-hydrogen) atoms. The van der Waals surface area contributed by atoms with Crippen LogP contribution in [0.15, 0.2) is 5.16 Å². The van der Waals surface area contributed by atoms with E-state index in [4.69, 9.17) is 17.3 Å². The van der Waals surface area contributed by atoms with Gasteiger partial charge in [-0.25, -0.2) is 9.97 Å². The van der Waals surface area contributed by atoms with Gasteiger partial charge in [-0.05, 0) is 12.8 Å². The first-order chi connectivity index (χ1) is 8.69. The first-order valence-corrected chi connectivity index (χ1v) is 7.75. The average molecular weight is 289 g/mol. The smallest absolute Gasteiger partial charge is 0.191 e. The predicted molar refractivity (Wildman–Crippen MR) is 80.5 cm³/mol. The van der Waals surface area contributed by atoms with E-state index in [1.807, 2.05) is 0 Å². The normalized spacial score (nSPS) is 10.6. The third kappa shape index (κ3) is 4.90. The number of nitrogens with two attached hydrogens (primary N) is 1. The van der Waals surface area contributed by atoms with Crippen LogP contribution < -0.4 is 11.1 Å². The van der Waals surface area contributed by atoms with E-state index in [-0.39, 0.29) is 0 Å². The van der Waals surface area contributed by atoms with Crippen LogP contribution in [0.4, 0.5) is 11.5 Å². The number of hydrogen-bond donors (Lipinski definition) is 2. The molecule has 0 radical (unpaired) electrons. The van der Waals surface area contributed by atoms with E-state index in [9.17, 15) is 0 Å². The highest BCUT2D eigenvalue weighted by Gasteiger charge is 2.09. The number of unbranched alkanes of at least 4 members (excludes halogenated alkanes) is 2. The number of thioether (sulfide) groups is 1. The van der Waals surface area contributed by atoms with Crippen LogP contribution >= 0.6 is 23.4 Å². The van der Waals surface area contributed by atoms with Crippen LogP contribution in [0.3, 0.4) is 0 Å². The molecule has 0 unspecified atom stereocenters. The molecule has 0 saturated heterocycles. The Bertz CT molecular complexity index is 373. The first-order valence-electron chi connectivity index (χ1n) is 6.38. The second-order valence-electron chi connectivity index (χ2n) is 4.04. The van der Waals surface area contributed by atoms with Gasteiger partial charge < -0.3 is 11.1 Å². The largest absolute Gasteiger partial charge is 0.393 e. The number of aromatic nitrogens is 2. The average Bonchev–Trinajstić information content (AvgIpc) is 2.37. The fraction of sp³-hybridized carbons (Fsp3) is 0.667. The van der Waals surface area contributed by atoms with Crippen LogP contribution in [0, 0.1) is 0 Å². The van der Waals surface area contributed by atoms with E-state index in [2.05, 4.69) is 29.1 Å². The summed E-state index contributed by atoms with van der Waals surface area (Å²) in [6.45, 7) is 5.16. The number of nitrogens with one attached hydrogen (secondary N) is 1. The molecular formula is C12H21ClN4S. The van der Waals surface area contributed by atoms with E-state index < -0.39 is 0 Å². The van der Waals surface area contributed by atoms with Gasteiger partial charge in [0.1, 0.15) is 5.69 Å². The van der Waals surface area contributed by atoms with Gasteiger partial charge in [-0.3, -0.25) is 0 Å². The Labute approximate surface area is 118 Å². The Morgan fingerprint density at radius 3 is 2.67 bits per heavy atom. The van der Waals surface area contributed by atoms with Crippen molar-refractivity contribution in [1.29, 1.82) is 0 Å². The number of halogens is 1. The minimum absolute atomic E-state index is 0.335. The molecule has 3 N–H and O–H groups in total. The molecule has 6 heteroatoms. The zero-order valence-electron chi connectivity index (χ0n) is 11.0. The van der Waals surface area contributed by atoms with Gasteiger partial charge in [0.2, 0.25) is 0 Å². The molecule has 1 heterocycles. The minimum Gasteiger partial charge on any atom is -0.393 e. The second kappa shape index (κ2) is 8.43. The summed E-state index contributed by atoms with van der Waals surface area (Å²) in [6.07, 6.45) is 4.58. The summed E-state index contributed by atoms with van der Waals surface area (Å²) in [7, 11) is 0. The van der Waals surface area contributed by atoms with Crippen molar-refractivity contribution in [3.63, 3.8) is 0 Å². The Kier molecular flexibility index (Phi) is 7.20. The third-order valence-electron chi connectivity index (χ3n) is 2.39. The van der Waals surface area contributed by atoms with Gasteiger partial charge in [0.25, 0.3) is 0 Å². The van der Waals surface area contributed by atoms with Crippen molar-refractivity contribution in [1.82, 2.24) is 9.97 Å². The van der Waals surface area contributed by atoms with Crippen molar-refractivity contribution in [3.8, 4) is 0 Å². The topological polar surface area (TPSA) is 63.8 Å². The van der Waals surface area contributed by atoms with Gasteiger partial charge in [-0.15, -0.1) is 0 Å². The van der Waals surface area contributed by atoms with Crippen LogP contribution in [0.2, 0.25) is 5.15 Å². The lowest BCUT2D eigenvalue weighted by atomic mass is 10.2. The minimum atomic E-state index is 0.335. The van der Waals surface area contributed by atoms with Gasteiger partial charge in [0.05, 0.1) is 0 Å². The lowest BCUT2D eigenvalue weighted by Gasteiger charge is -2.10. The molecule has 0 saturated carbocycles. The Morgan fingerprint density at radius 1 is 1.22 bits per heavy atom. The van der Waals surface area contributed by atoms with E-state index in [0.717, 1.165) is 25.1 Å². The van der Waals surface area contributed by atoms with Gasteiger partial charge in [0, 0.05) is 12.3 Å². The summed E-state index contributed by atoms with van der Waals surface area (Å²) in [6, 6.07) is 0. The fourth-order valence-electron chi connectivity index (χ4n) is 1.40.